The SMILES string of the molecule is Cc1ccc(C(=O)Nc2ccc(NC(=O)Cn3ncc4ccccc43)cc2)o1. The van der Waals surface area contributed by atoms with Gasteiger partial charge in [0.2, 0.25) is 5.91 Å². The highest BCUT2D eigenvalue weighted by molar-refractivity contribution is 6.02. The molecule has 4 aromatic rings. The van der Waals surface area contributed by atoms with E-state index in [2.05, 4.69) is 15.7 Å². The Balaban J connectivity index is 1.37. The van der Waals surface area contributed by atoms with E-state index in [1.165, 1.54) is 0 Å². The molecule has 2 amide bonds. The summed E-state index contributed by atoms with van der Waals surface area (Å²) >= 11 is 0. The number of hydrogen-bond donors (Lipinski definition) is 2. The molecule has 2 aromatic carbocycles. The molecule has 7 heteroatoms. The Kier molecular flexibility index (Phi) is 4.63. The van der Waals surface area contributed by atoms with E-state index in [1.807, 2.05) is 24.3 Å². The van der Waals surface area contributed by atoms with Crippen LogP contribution >= 0.6 is 0 Å². The average molecular weight is 374 g/mol. The second-order valence-corrected chi connectivity index (χ2v) is 6.35. The van der Waals surface area contributed by atoms with Gasteiger partial charge in [-0.15, -0.1) is 0 Å². The van der Waals surface area contributed by atoms with Gasteiger partial charge in [-0.3, -0.25) is 14.3 Å². The van der Waals surface area contributed by atoms with Gasteiger partial charge in [-0.1, -0.05) is 18.2 Å². The number of rotatable bonds is 5. The molecule has 140 valence electrons. The summed E-state index contributed by atoms with van der Waals surface area (Å²) in [6.45, 7) is 1.89. The summed E-state index contributed by atoms with van der Waals surface area (Å²) < 4.78 is 6.95. The maximum absolute atomic E-state index is 12.3. The topological polar surface area (TPSA) is 89.2 Å². The van der Waals surface area contributed by atoms with Crippen molar-refractivity contribution in [1.29, 1.82) is 0 Å². The number of benzene rings is 2. The number of aryl methyl sites for hydroxylation is 1. The molecule has 0 saturated carbocycles. The van der Waals surface area contributed by atoms with Gasteiger partial charge < -0.3 is 15.1 Å². The van der Waals surface area contributed by atoms with Crippen LogP contribution in [0.3, 0.4) is 0 Å². The fourth-order valence-electron chi connectivity index (χ4n) is 2.87. The Bertz CT molecular complexity index is 1140. The third kappa shape index (κ3) is 3.78. The van der Waals surface area contributed by atoms with Crippen molar-refractivity contribution in [3.05, 3.63) is 78.4 Å². The molecular formula is C21H18N4O3. The highest BCUT2D eigenvalue weighted by atomic mass is 16.3. The molecule has 28 heavy (non-hydrogen) atoms. The smallest absolute Gasteiger partial charge is 0.291 e. The van der Waals surface area contributed by atoms with Gasteiger partial charge in [0.15, 0.2) is 5.76 Å². The predicted molar refractivity (Wildman–Crippen MR) is 106 cm³/mol. The van der Waals surface area contributed by atoms with Crippen molar-refractivity contribution >= 4 is 34.1 Å². The van der Waals surface area contributed by atoms with Crippen LogP contribution in [0, 0.1) is 6.92 Å². The summed E-state index contributed by atoms with van der Waals surface area (Å²) in [5, 5.41) is 10.8. The Morgan fingerprint density at radius 3 is 2.39 bits per heavy atom. The number of amides is 2. The highest BCUT2D eigenvalue weighted by Crippen LogP contribution is 2.16. The molecule has 0 unspecified atom stereocenters. The van der Waals surface area contributed by atoms with Crippen LogP contribution in [0.4, 0.5) is 11.4 Å². The molecule has 0 aliphatic carbocycles. The Morgan fingerprint density at radius 1 is 0.964 bits per heavy atom. The molecule has 2 aromatic heterocycles. The summed E-state index contributed by atoms with van der Waals surface area (Å²) in [5.74, 6) is 0.418. The zero-order valence-electron chi connectivity index (χ0n) is 15.2. The van der Waals surface area contributed by atoms with Crippen molar-refractivity contribution in [1.82, 2.24) is 9.78 Å². The van der Waals surface area contributed by atoms with Gasteiger partial charge in [0, 0.05) is 16.8 Å². The number of nitrogens with one attached hydrogen (secondary N) is 2. The number of hydrogen-bond acceptors (Lipinski definition) is 4. The fourth-order valence-corrected chi connectivity index (χ4v) is 2.87. The van der Waals surface area contributed by atoms with E-state index in [0.29, 0.717) is 17.1 Å². The molecule has 7 nitrogen and oxygen atoms in total. The molecule has 2 N–H and O–H groups in total. The van der Waals surface area contributed by atoms with Gasteiger partial charge in [0.05, 0.1) is 11.7 Å². The Labute approximate surface area is 161 Å². The summed E-state index contributed by atoms with van der Waals surface area (Å²) in [5.41, 5.74) is 2.15. The van der Waals surface area contributed by atoms with Gasteiger partial charge in [-0.05, 0) is 49.4 Å². The van der Waals surface area contributed by atoms with Gasteiger partial charge in [0.25, 0.3) is 5.91 Å². The molecule has 2 heterocycles. The summed E-state index contributed by atoms with van der Waals surface area (Å²) in [4.78, 5) is 24.4. The number of furan rings is 1. The normalized spacial score (nSPS) is 10.8. The minimum atomic E-state index is -0.324. The van der Waals surface area contributed by atoms with Crippen molar-refractivity contribution in [2.75, 3.05) is 10.6 Å². The van der Waals surface area contributed by atoms with Crippen molar-refractivity contribution in [3.8, 4) is 0 Å². The Hall–Kier alpha value is -3.87. The van der Waals surface area contributed by atoms with Crippen molar-refractivity contribution in [2.45, 2.75) is 13.5 Å². The summed E-state index contributed by atoms with van der Waals surface area (Å²) in [6, 6.07) is 18.0. The molecule has 0 aliphatic rings. The third-order valence-electron chi connectivity index (χ3n) is 4.24. The molecule has 0 fully saturated rings. The van der Waals surface area contributed by atoms with Crippen LogP contribution in [0.25, 0.3) is 10.9 Å². The first-order chi connectivity index (χ1) is 13.6. The van der Waals surface area contributed by atoms with E-state index in [9.17, 15) is 9.59 Å². The van der Waals surface area contributed by atoms with Crippen LogP contribution in [-0.2, 0) is 11.3 Å². The third-order valence-corrected chi connectivity index (χ3v) is 4.24. The van der Waals surface area contributed by atoms with Crippen molar-refractivity contribution < 1.29 is 14.0 Å². The molecule has 4 rings (SSSR count). The lowest BCUT2D eigenvalue weighted by Gasteiger charge is -2.08. The minimum absolute atomic E-state index is 0.115. The Morgan fingerprint density at radius 2 is 1.68 bits per heavy atom. The van der Waals surface area contributed by atoms with Gasteiger partial charge in [-0.2, -0.15) is 5.10 Å². The lowest BCUT2D eigenvalue weighted by molar-refractivity contribution is -0.116. The maximum atomic E-state index is 12.3. The van der Waals surface area contributed by atoms with Crippen LogP contribution in [0.2, 0.25) is 0 Å². The number of nitrogens with zero attached hydrogens (tertiary/aromatic N) is 2. The van der Waals surface area contributed by atoms with E-state index in [0.717, 1.165) is 10.9 Å². The number of aromatic nitrogens is 2. The van der Waals surface area contributed by atoms with E-state index in [-0.39, 0.29) is 24.1 Å². The van der Waals surface area contributed by atoms with E-state index in [4.69, 9.17) is 4.42 Å². The van der Waals surface area contributed by atoms with Crippen molar-refractivity contribution in [2.24, 2.45) is 0 Å². The summed E-state index contributed by atoms with van der Waals surface area (Å²) in [7, 11) is 0. The average Bonchev–Trinajstić information content (AvgIpc) is 3.30. The standard InChI is InChI=1S/C21H18N4O3/c1-14-6-11-19(28-14)21(27)24-17-9-7-16(8-10-17)23-20(26)13-25-18-5-3-2-4-15(18)12-22-25/h2-12H,13H2,1H3,(H,23,26)(H,24,27). The zero-order chi connectivity index (χ0) is 19.5. The highest BCUT2D eigenvalue weighted by Gasteiger charge is 2.11. The molecule has 0 atom stereocenters. The number of anilines is 2. The second kappa shape index (κ2) is 7.40. The van der Waals surface area contributed by atoms with Crippen LogP contribution in [0.15, 0.2) is 71.3 Å². The van der Waals surface area contributed by atoms with E-state index >= 15 is 0 Å². The summed E-state index contributed by atoms with van der Waals surface area (Å²) in [6.07, 6.45) is 1.74. The van der Waals surface area contributed by atoms with Gasteiger partial charge in [0.1, 0.15) is 12.3 Å². The lowest BCUT2D eigenvalue weighted by atomic mass is 10.2. The molecule has 0 bridgehead atoms. The molecule has 0 saturated heterocycles. The number of para-hydroxylation sites is 1. The predicted octanol–water partition coefficient (Wildman–Crippen LogP) is 3.83. The van der Waals surface area contributed by atoms with Crippen LogP contribution in [-0.4, -0.2) is 21.6 Å². The van der Waals surface area contributed by atoms with Crippen LogP contribution in [0.1, 0.15) is 16.3 Å². The first-order valence-corrected chi connectivity index (χ1v) is 8.77. The lowest BCUT2D eigenvalue weighted by Crippen LogP contribution is -2.19. The molecule has 0 aliphatic heterocycles. The largest absolute Gasteiger partial charge is 0.456 e. The second-order valence-electron chi connectivity index (χ2n) is 6.35. The van der Waals surface area contributed by atoms with Crippen LogP contribution in [0.5, 0.6) is 0 Å². The molecular weight excluding hydrogens is 356 g/mol. The number of carbonyl (C=O) groups is 2. The van der Waals surface area contributed by atoms with E-state index < -0.39 is 0 Å². The fraction of sp³-hybridized carbons (Fsp3) is 0.0952. The van der Waals surface area contributed by atoms with Crippen LogP contribution < -0.4 is 10.6 Å². The van der Waals surface area contributed by atoms with Gasteiger partial charge in [-0.25, -0.2) is 0 Å². The first-order valence-electron chi connectivity index (χ1n) is 8.77. The first kappa shape index (κ1) is 17.5. The number of carbonyl (C=O) groups excluding carboxylic acids is 2. The van der Waals surface area contributed by atoms with Crippen molar-refractivity contribution in [3.63, 3.8) is 0 Å². The molecule has 0 radical (unpaired) electrons. The van der Waals surface area contributed by atoms with E-state index in [1.54, 1.807) is 54.2 Å². The maximum Gasteiger partial charge on any atom is 0.291 e. The van der Waals surface area contributed by atoms with Gasteiger partial charge >= 0.3 is 0 Å². The minimum Gasteiger partial charge on any atom is -0.456 e. The quantitative estimate of drug-likeness (QED) is 0.556. The zero-order valence-corrected chi connectivity index (χ0v) is 15.2. The monoisotopic (exact) mass is 374 g/mol. The number of fused-ring (bicyclic) bond motifs is 1. The molecule has 0 spiro atoms.